The molecule has 0 bridgehead atoms. The van der Waals surface area contributed by atoms with Gasteiger partial charge in [0.05, 0.1) is 20.3 Å². The molecule has 0 aliphatic carbocycles. The van der Waals surface area contributed by atoms with E-state index in [2.05, 4.69) is 42.4 Å². The molecule has 0 saturated heterocycles. The van der Waals surface area contributed by atoms with Gasteiger partial charge in [0, 0.05) is 17.6 Å². The van der Waals surface area contributed by atoms with Crippen molar-refractivity contribution in [3.05, 3.63) is 54.6 Å². The van der Waals surface area contributed by atoms with Crippen molar-refractivity contribution in [1.29, 1.82) is 0 Å². The van der Waals surface area contributed by atoms with Crippen LogP contribution in [-0.2, 0) is 7.05 Å². The molecule has 2 aromatic rings. The zero-order valence-corrected chi connectivity index (χ0v) is 15.4. The van der Waals surface area contributed by atoms with Crippen LogP contribution in [0.5, 0.6) is 0 Å². The fourth-order valence-electron chi connectivity index (χ4n) is 1.58. The summed E-state index contributed by atoms with van der Waals surface area (Å²) in [6.07, 6.45) is 1.46. The van der Waals surface area contributed by atoms with E-state index >= 15 is 0 Å². The molecule has 1 aromatic heterocycles. The summed E-state index contributed by atoms with van der Waals surface area (Å²) in [5, 5.41) is 4.90. The van der Waals surface area contributed by atoms with Crippen molar-refractivity contribution < 1.29 is 4.79 Å². The van der Waals surface area contributed by atoms with Crippen LogP contribution in [0.25, 0.3) is 0 Å². The van der Waals surface area contributed by atoms with Gasteiger partial charge in [-0.05, 0) is 50.1 Å². The van der Waals surface area contributed by atoms with Gasteiger partial charge in [0.25, 0.3) is 5.91 Å². The lowest BCUT2D eigenvalue weighted by molar-refractivity contribution is 0.0947. The third kappa shape index (κ3) is 3.88. The van der Waals surface area contributed by atoms with Gasteiger partial charge in [0.1, 0.15) is 5.69 Å². The van der Waals surface area contributed by atoms with Gasteiger partial charge in [-0.25, -0.2) is 5.43 Å². The van der Waals surface area contributed by atoms with Gasteiger partial charge >= 0.3 is 0 Å². The summed E-state index contributed by atoms with van der Waals surface area (Å²) in [6, 6.07) is 6.72. The van der Waals surface area contributed by atoms with Crippen molar-refractivity contribution in [2.24, 2.45) is 12.1 Å². The molecule has 21 heavy (non-hydrogen) atoms. The average molecular weight is 454 g/mol. The molecule has 4 nitrogen and oxygen atoms in total. The largest absolute Gasteiger partial charge is 0.333 e. The van der Waals surface area contributed by atoms with E-state index in [1.54, 1.807) is 35.9 Å². The smallest absolute Gasteiger partial charge is 0.288 e. The number of hydrazone groups is 1. The Morgan fingerprint density at radius 3 is 2.62 bits per heavy atom. The molecule has 8 heteroatoms. The standard InChI is InChI=1S/C13H9Br2Cl2N3O/c1-20-11(5-9(14)12(20)15)13(21)19-18-6-7-2-3-8(16)4-10(7)17/h2-6H,1H3,(H,19,21)/b18-6+. The number of hydrogen-bond acceptors (Lipinski definition) is 2. The lowest BCUT2D eigenvalue weighted by Crippen LogP contribution is -2.20. The third-order valence-corrected chi connectivity index (χ3v) is 5.34. The minimum atomic E-state index is -0.328. The maximum atomic E-state index is 12.0. The summed E-state index contributed by atoms with van der Waals surface area (Å²) in [4.78, 5) is 12.0. The topological polar surface area (TPSA) is 46.4 Å². The van der Waals surface area contributed by atoms with Crippen molar-refractivity contribution in [2.75, 3.05) is 0 Å². The Labute approximate surface area is 148 Å². The number of carbonyl (C=O) groups is 1. The van der Waals surface area contributed by atoms with Crippen LogP contribution < -0.4 is 5.43 Å². The number of hydrogen-bond donors (Lipinski definition) is 1. The van der Waals surface area contributed by atoms with E-state index in [9.17, 15) is 4.79 Å². The molecule has 0 aliphatic heterocycles. The molecule has 0 spiro atoms. The maximum absolute atomic E-state index is 12.0. The summed E-state index contributed by atoms with van der Waals surface area (Å²) >= 11 is 18.5. The highest BCUT2D eigenvalue weighted by atomic mass is 79.9. The second-order valence-electron chi connectivity index (χ2n) is 4.09. The summed E-state index contributed by atoms with van der Waals surface area (Å²) in [7, 11) is 1.77. The number of halogens is 4. The van der Waals surface area contributed by atoms with Crippen LogP contribution in [0.2, 0.25) is 10.0 Å². The van der Waals surface area contributed by atoms with E-state index in [-0.39, 0.29) is 5.91 Å². The molecule has 0 atom stereocenters. The summed E-state index contributed by atoms with van der Waals surface area (Å²) in [6.45, 7) is 0. The molecule has 0 unspecified atom stereocenters. The first-order valence-corrected chi connectivity index (χ1v) is 8.03. The molecule has 2 rings (SSSR count). The highest BCUT2D eigenvalue weighted by Crippen LogP contribution is 2.26. The van der Waals surface area contributed by atoms with E-state index in [0.29, 0.717) is 21.3 Å². The molecule has 1 aromatic carbocycles. The van der Waals surface area contributed by atoms with Gasteiger partial charge in [-0.3, -0.25) is 4.79 Å². The Morgan fingerprint density at radius 1 is 1.33 bits per heavy atom. The average Bonchev–Trinajstić information content (AvgIpc) is 2.69. The molecular weight excluding hydrogens is 445 g/mol. The van der Waals surface area contributed by atoms with E-state index in [0.717, 1.165) is 9.08 Å². The quantitative estimate of drug-likeness (QED) is 0.535. The fourth-order valence-corrected chi connectivity index (χ4v) is 2.83. The number of benzene rings is 1. The van der Waals surface area contributed by atoms with Crippen LogP contribution in [0, 0.1) is 0 Å². The lowest BCUT2D eigenvalue weighted by atomic mass is 10.2. The highest BCUT2D eigenvalue weighted by molar-refractivity contribution is 9.13. The van der Waals surface area contributed by atoms with Crippen LogP contribution in [-0.4, -0.2) is 16.7 Å². The van der Waals surface area contributed by atoms with E-state index in [1.165, 1.54) is 6.21 Å². The number of carbonyl (C=O) groups excluding carboxylic acids is 1. The van der Waals surface area contributed by atoms with Gasteiger partial charge < -0.3 is 4.57 Å². The van der Waals surface area contributed by atoms with Crippen LogP contribution >= 0.6 is 55.1 Å². The Bertz CT molecular complexity index is 728. The number of nitrogens with zero attached hydrogens (tertiary/aromatic N) is 2. The monoisotopic (exact) mass is 451 g/mol. The SMILES string of the molecule is Cn1c(C(=O)N/N=C/c2ccc(Cl)cc2Cl)cc(Br)c1Br. The molecule has 1 amide bonds. The van der Waals surface area contributed by atoms with Crippen LogP contribution in [0.15, 0.2) is 38.4 Å². The zero-order chi connectivity index (χ0) is 15.6. The minimum Gasteiger partial charge on any atom is -0.333 e. The number of amides is 1. The molecule has 1 N–H and O–H groups in total. The van der Waals surface area contributed by atoms with Gasteiger partial charge in [-0.2, -0.15) is 5.10 Å². The van der Waals surface area contributed by atoms with Crippen LogP contribution in [0.3, 0.4) is 0 Å². The molecule has 0 fully saturated rings. The first-order valence-electron chi connectivity index (χ1n) is 5.69. The van der Waals surface area contributed by atoms with E-state index < -0.39 is 0 Å². The Balaban J connectivity index is 2.10. The normalized spacial score (nSPS) is 11.1. The van der Waals surface area contributed by atoms with Crippen LogP contribution in [0.4, 0.5) is 0 Å². The molecule has 0 aliphatic rings. The lowest BCUT2D eigenvalue weighted by Gasteiger charge is -2.02. The van der Waals surface area contributed by atoms with E-state index in [4.69, 9.17) is 23.2 Å². The molecule has 0 saturated carbocycles. The minimum absolute atomic E-state index is 0.328. The molecule has 110 valence electrons. The first kappa shape index (κ1) is 16.5. The number of nitrogens with one attached hydrogen (secondary N) is 1. The molecule has 1 heterocycles. The predicted octanol–water partition coefficient (Wildman–Crippen LogP) is 4.62. The van der Waals surface area contributed by atoms with Crippen molar-refractivity contribution in [1.82, 2.24) is 9.99 Å². The Morgan fingerprint density at radius 2 is 2.05 bits per heavy atom. The second kappa shape index (κ2) is 6.96. The summed E-state index contributed by atoms with van der Waals surface area (Å²) in [5.41, 5.74) is 3.58. The zero-order valence-electron chi connectivity index (χ0n) is 10.7. The third-order valence-electron chi connectivity index (χ3n) is 2.68. The fraction of sp³-hybridized carbons (Fsp3) is 0.0769. The van der Waals surface area contributed by atoms with Crippen molar-refractivity contribution in [3.8, 4) is 0 Å². The second-order valence-corrected chi connectivity index (χ2v) is 6.54. The number of rotatable bonds is 3. The Hall–Kier alpha value is -0.820. The predicted molar refractivity (Wildman–Crippen MR) is 92.3 cm³/mol. The van der Waals surface area contributed by atoms with Crippen molar-refractivity contribution in [2.45, 2.75) is 0 Å². The number of aromatic nitrogens is 1. The Kier molecular flexibility index (Phi) is 5.48. The van der Waals surface area contributed by atoms with Crippen LogP contribution in [0.1, 0.15) is 16.1 Å². The van der Waals surface area contributed by atoms with Gasteiger partial charge in [0.2, 0.25) is 0 Å². The maximum Gasteiger partial charge on any atom is 0.288 e. The first-order chi connectivity index (χ1) is 9.90. The summed E-state index contributed by atoms with van der Waals surface area (Å²) in [5.74, 6) is -0.328. The molecule has 0 radical (unpaired) electrons. The van der Waals surface area contributed by atoms with Gasteiger partial charge in [0.15, 0.2) is 0 Å². The molecular formula is C13H9Br2Cl2N3O. The van der Waals surface area contributed by atoms with Crippen molar-refractivity contribution in [3.63, 3.8) is 0 Å². The van der Waals surface area contributed by atoms with Crippen molar-refractivity contribution >= 4 is 67.2 Å². The van der Waals surface area contributed by atoms with Gasteiger partial charge in [-0.1, -0.05) is 29.3 Å². The summed E-state index contributed by atoms with van der Waals surface area (Å²) < 4.78 is 3.27. The van der Waals surface area contributed by atoms with E-state index in [1.807, 2.05) is 0 Å². The van der Waals surface area contributed by atoms with Gasteiger partial charge in [-0.15, -0.1) is 0 Å². The highest BCUT2D eigenvalue weighted by Gasteiger charge is 2.14.